The third kappa shape index (κ3) is 18.9. The molecule has 1 aliphatic heterocycles. The van der Waals surface area contributed by atoms with Gasteiger partial charge in [0.1, 0.15) is 0 Å². The molecule has 0 bridgehead atoms. The number of alkyl halides is 2. The first-order valence-electron chi connectivity index (χ1n) is 15.9. The summed E-state index contributed by atoms with van der Waals surface area (Å²) < 4.78 is 35.3. The second kappa shape index (κ2) is 24.5. The Balaban J connectivity index is 0.000000609. The third-order valence-electron chi connectivity index (χ3n) is 6.77. The van der Waals surface area contributed by atoms with Crippen molar-refractivity contribution in [1.29, 1.82) is 0 Å². The van der Waals surface area contributed by atoms with E-state index in [9.17, 15) is 8.78 Å². The zero-order valence-electron chi connectivity index (χ0n) is 27.6. The Bertz CT molecular complexity index is 849. The third-order valence-corrected chi connectivity index (χ3v) is 6.77. The Morgan fingerprint density at radius 2 is 1.59 bits per heavy atom. The van der Waals surface area contributed by atoms with E-state index in [1.54, 1.807) is 10.7 Å². The molecule has 8 heteroatoms. The van der Waals surface area contributed by atoms with Gasteiger partial charge in [0.05, 0.1) is 30.8 Å². The molecule has 1 atom stereocenters. The lowest BCUT2D eigenvalue weighted by atomic mass is 10.0. The molecule has 0 radical (unpaired) electrons. The summed E-state index contributed by atoms with van der Waals surface area (Å²) >= 11 is 0. The summed E-state index contributed by atoms with van der Waals surface area (Å²) in [6, 6.07) is 5.06. The van der Waals surface area contributed by atoms with Crippen molar-refractivity contribution in [3.8, 4) is 11.6 Å². The first-order valence-corrected chi connectivity index (χ1v) is 15.9. The summed E-state index contributed by atoms with van der Waals surface area (Å²) in [7, 11) is 0. The van der Waals surface area contributed by atoms with Gasteiger partial charge in [-0.05, 0) is 43.9 Å². The average Bonchev–Trinajstić information content (AvgIpc) is 3.37. The number of aryl methyl sites for hydroxylation is 1. The smallest absolute Gasteiger partial charge is 0.388 e. The Morgan fingerprint density at radius 1 is 0.927 bits per heavy atom. The minimum atomic E-state index is -2.86. The summed E-state index contributed by atoms with van der Waals surface area (Å²) in [6.07, 6.45) is 12.4. The summed E-state index contributed by atoms with van der Waals surface area (Å²) in [6.45, 7) is 22.0. The Labute approximate surface area is 250 Å². The number of morpholine rings is 1. The Kier molecular flexibility index (Phi) is 23.3. The highest BCUT2D eigenvalue weighted by Gasteiger charge is 2.12. The van der Waals surface area contributed by atoms with E-state index < -0.39 is 6.61 Å². The highest BCUT2D eigenvalue weighted by molar-refractivity contribution is 5.34. The van der Waals surface area contributed by atoms with Crippen molar-refractivity contribution in [2.45, 2.75) is 126 Å². The van der Waals surface area contributed by atoms with Crippen molar-refractivity contribution in [3.05, 3.63) is 35.8 Å². The predicted molar refractivity (Wildman–Crippen MR) is 169 cm³/mol. The van der Waals surface area contributed by atoms with Crippen LogP contribution >= 0.6 is 0 Å². The number of aromatic nitrogens is 3. The fraction of sp³-hybridized carbons (Fsp3) is 0.758. The van der Waals surface area contributed by atoms with Crippen LogP contribution in [0.3, 0.4) is 0 Å². The molecule has 0 aromatic carbocycles. The number of unbranched alkanes of at least 4 members (excludes halogenated alkanes) is 3. The number of halogens is 2. The van der Waals surface area contributed by atoms with Crippen LogP contribution < -0.4 is 4.74 Å². The van der Waals surface area contributed by atoms with Crippen molar-refractivity contribution in [2.75, 3.05) is 32.8 Å². The van der Waals surface area contributed by atoms with Crippen molar-refractivity contribution >= 4 is 0 Å². The predicted octanol–water partition coefficient (Wildman–Crippen LogP) is 9.45. The molecule has 1 fully saturated rings. The molecule has 1 unspecified atom stereocenters. The van der Waals surface area contributed by atoms with Gasteiger partial charge in [-0.1, -0.05) is 100 Å². The van der Waals surface area contributed by atoms with E-state index in [0.29, 0.717) is 5.92 Å². The van der Waals surface area contributed by atoms with Gasteiger partial charge in [0.25, 0.3) is 0 Å². The maximum absolute atomic E-state index is 12.0. The van der Waals surface area contributed by atoms with Crippen molar-refractivity contribution in [1.82, 2.24) is 19.7 Å². The topological polar surface area (TPSA) is 52.4 Å². The quantitative estimate of drug-likeness (QED) is 0.233. The second-order valence-electron chi connectivity index (χ2n) is 11.0. The maximum Gasteiger partial charge on any atom is 0.388 e. The van der Waals surface area contributed by atoms with E-state index in [1.807, 2.05) is 13.0 Å². The fourth-order valence-corrected chi connectivity index (χ4v) is 3.88. The van der Waals surface area contributed by atoms with Crippen LogP contribution in [0.1, 0.15) is 124 Å². The lowest BCUT2D eigenvalue weighted by Gasteiger charge is -2.25. The van der Waals surface area contributed by atoms with Gasteiger partial charge < -0.3 is 9.47 Å². The average molecular weight is 583 g/mol. The van der Waals surface area contributed by atoms with E-state index >= 15 is 0 Å². The van der Waals surface area contributed by atoms with Gasteiger partial charge in [-0.2, -0.15) is 13.9 Å². The van der Waals surface area contributed by atoms with Crippen molar-refractivity contribution < 1.29 is 18.3 Å². The first-order chi connectivity index (χ1) is 19.6. The van der Waals surface area contributed by atoms with Crippen LogP contribution in [0.5, 0.6) is 5.88 Å². The van der Waals surface area contributed by atoms with Crippen molar-refractivity contribution in [3.63, 3.8) is 0 Å². The van der Waals surface area contributed by atoms with Gasteiger partial charge in [0.15, 0.2) is 0 Å². The van der Waals surface area contributed by atoms with Crippen LogP contribution in [-0.4, -0.2) is 59.1 Å². The molecule has 41 heavy (non-hydrogen) atoms. The highest BCUT2D eigenvalue weighted by atomic mass is 19.3. The zero-order valence-corrected chi connectivity index (χ0v) is 27.6. The molecule has 0 spiro atoms. The molecule has 0 saturated carbocycles. The highest BCUT2D eigenvalue weighted by Crippen LogP contribution is 2.21. The normalized spacial score (nSPS) is 13.9. The standard InChI is InChI=1S/C13H15F2N3O.C9H20.C7H15NO.C4H10/c1-8(2)11-6-9(3)17-18(11)10-4-5-12(16-7-10)19-13(14)15;1-4-6-7-8-9(3)5-2;1-2-3-8-4-6-9-7-5-8;1-3-4-2/h4-8,13H,1-3H3;9H,4-8H2,1-3H3;2-7H2,1H3;3-4H2,1-2H3. The molecule has 2 aromatic heterocycles. The summed E-state index contributed by atoms with van der Waals surface area (Å²) in [5.41, 5.74) is 2.66. The number of ether oxygens (including phenoxy) is 2. The molecule has 6 nitrogen and oxygen atoms in total. The van der Waals surface area contributed by atoms with Crippen LogP contribution in [0.2, 0.25) is 0 Å². The Hall–Kier alpha value is -2.06. The van der Waals surface area contributed by atoms with Crippen LogP contribution in [0.4, 0.5) is 8.78 Å². The first kappa shape index (κ1) is 38.9. The van der Waals surface area contributed by atoms with Crippen LogP contribution in [0.25, 0.3) is 5.69 Å². The lowest BCUT2D eigenvalue weighted by molar-refractivity contribution is -0.0528. The molecule has 238 valence electrons. The van der Waals surface area contributed by atoms with Gasteiger partial charge in [-0.3, -0.25) is 4.90 Å². The van der Waals surface area contributed by atoms with E-state index in [2.05, 4.69) is 75.1 Å². The largest absolute Gasteiger partial charge is 0.417 e. The molecule has 0 aliphatic carbocycles. The minimum absolute atomic E-state index is 0.103. The Morgan fingerprint density at radius 3 is 2.05 bits per heavy atom. The zero-order chi connectivity index (χ0) is 31.0. The molecule has 1 saturated heterocycles. The molecule has 0 amide bonds. The van der Waals surface area contributed by atoms with Crippen LogP contribution in [-0.2, 0) is 4.74 Å². The van der Waals surface area contributed by atoms with Gasteiger partial charge >= 0.3 is 6.61 Å². The molecule has 1 aliphatic rings. The molecule has 2 aromatic rings. The van der Waals surface area contributed by atoms with Crippen molar-refractivity contribution in [2.24, 2.45) is 5.92 Å². The van der Waals surface area contributed by atoms with E-state index in [0.717, 1.165) is 49.3 Å². The number of nitrogens with zero attached hydrogens (tertiary/aromatic N) is 4. The lowest BCUT2D eigenvalue weighted by Crippen LogP contribution is -2.36. The minimum Gasteiger partial charge on any atom is -0.417 e. The van der Waals surface area contributed by atoms with Gasteiger partial charge in [0, 0.05) is 24.8 Å². The fourth-order valence-electron chi connectivity index (χ4n) is 3.88. The molecule has 0 N–H and O–H groups in total. The number of rotatable bonds is 12. The van der Waals surface area contributed by atoms with E-state index in [-0.39, 0.29) is 5.88 Å². The maximum atomic E-state index is 12.0. The molecular weight excluding hydrogens is 522 g/mol. The summed E-state index contributed by atoms with van der Waals surface area (Å²) in [5, 5.41) is 4.38. The van der Waals surface area contributed by atoms with Gasteiger partial charge in [0.2, 0.25) is 5.88 Å². The SMILES string of the molecule is CCCC.CCCCCC(C)CC.CCCN1CCOCC1.Cc1cc(C(C)C)n(-c2ccc(OC(F)F)nc2)n1. The summed E-state index contributed by atoms with van der Waals surface area (Å²) in [4.78, 5) is 6.29. The van der Waals surface area contributed by atoms with Crippen LogP contribution in [0, 0.1) is 12.8 Å². The number of hydrogen-bond donors (Lipinski definition) is 0. The second-order valence-corrected chi connectivity index (χ2v) is 11.0. The molecule has 3 heterocycles. The van der Waals surface area contributed by atoms with E-state index in [4.69, 9.17) is 4.74 Å². The summed E-state index contributed by atoms with van der Waals surface area (Å²) in [5.74, 6) is 1.16. The number of pyridine rings is 1. The monoisotopic (exact) mass is 582 g/mol. The number of hydrogen-bond acceptors (Lipinski definition) is 5. The van der Waals surface area contributed by atoms with Crippen LogP contribution in [0.15, 0.2) is 24.4 Å². The van der Waals surface area contributed by atoms with E-state index in [1.165, 1.54) is 70.2 Å². The molecular formula is C33H60F2N4O2. The van der Waals surface area contributed by atoms with Gasteiger partial charge in [-0.25, -0.2) is 9.67 Å². The molecule has 3 rings (SSSR count). The van der Waals surface area contributed by atoms with Gasteiger partial charge in [-0.15, -0.1) is 0 Å².